The van der Waals surface area contributed by atoms with Crippen LogP contribution in [0.5, 0.6) is 5.75 Å². The first-order valence-corrected chi connectivity index (χ1v) is 5.26. The predicted molar refractivity (Wildman–Crippen MR) is 59.5 cm³/mol. The van der Waals surface area contributed by atoms with E-state index < -0.39 is 0 Å². The van der Waals surface area contributed by atoms with Gasteiger partial charge in [-0.05, 0) is 50.5 Å². The van der Waals surface area contributed by atoms with E-state index in [0.29, 0.717) is 0 Å². The molecule has 0 aliphatic rings. The molecule has 0 aliphatic carbocycles. The summed E-state index contributed by atoms with van der Waals surface area (Å²) in [5.41, 5.74) is 3.68. The van der Waals surface area contributed by atoms with E-state index in [4.69, 9.17) is 4.74 Å². The zero-order valence-corrected chi connectivity index (χ0v) is 10.2. The molecular formula is C11H15BrO. The molecule has 0 saturated carbocycles. The van der Waals surface area contributed by atoms with Crippen LogP contribution in [0.3, 0.4) is 0 Å². The zero-order valence-electron chi connectivity index (χ0n) is 8.57. The molecule has 0 unspecified atom stereocenters. The highest BCUT2D eigenvalue weighted by Gasteiger charge is 2.08. The Labute approximate surface area is 88.2 Å². The average molecular weight is 243 g/mol. The van der Waals surface area contributed by atoms with Crippen molar-refractivity contribution >= 4 is 15.9 Å². The van der Waals surface area contributed by atoms with E-state index >= 15 is 0 Å². The van der Waals surface area contributed by atoms with Gasteiger partial charge >= 0.3 is 0 Å². The Morgan fingerprint density at radius 2 is 1.85 bits per heavy atom. The van der Waals surface area contributed by atoms with Crippen molar-refractivity contribution in [3.63, 3.8) is 0 Å². The molecule has 0 radical (unpaired) electrons. The molecule has 13 heavy (non-hydrogen) atoms. The quantitative estimate of drug-likeness (QED) is 0.768. The van der Waals surface area contributed by atoms with E-state index in [1.165, 1.54) is 16.7 Å². The van der Waals surface area contributed by atoms with Crippen LogP contribution < -0.4 is 4.74 Å². The minimum absolute atomic E-state index is 0.725. The van der Waals surface area contributed by atoms with Gasteiger partial charge in [0.25, 0.3) is 0 Å². The van der Waals surface area contributed by atoms with Gasteiger partial charge in [0.2, 0.25) is 0 Å². The normalized spacial score (nSPS) is 10.2. The van der Waals surface area contributed by atoms with Crippen LogP contribution in [0.1, 0.15) is 23.6 Å². The van der Waals surface area contributed by atoms with Crippen molar-refractivity contribution in [2.45, 2.75) is 27.7 Å². The Kier molecular flexibility index (Phi) is 3.37. The monoisotopic (exact) mass is 242 g/mol. The van der Waals surface area contributed by atoms with Crippen LogP contribution in [0, 0.1) is 20.8 Å². The van der Waals surface area contributed by atoms with Crippen LogP contribution in [0.25, 0.3) is 0 Å². The van der Waals surface area contributed by atoms with Gasteiger partial charge < -0.3 is 4.74 Å². The van der Waals surface area contributed by atoms with E-state index in [-0.39, 0.29) is 0 Å². The summed E-state index contributed by atoms with van der Waals surface area (Å²) in [5, 5.41) is 0. The van der Waals surface area contributed by atoms with Gasteiger partial charge in [0, 0.05) is 4.47 Å². The fraction of sp³-hybridized carbons (Fsp3) is 0.455. The molecule has 1 aromatic rings. The summed E-state index contributed by atoms with van der Waals surface area (Å²) in [6.07, 6.45) is 0. The van der Waals surface area contributed by atoms with Crippen molar-refractivity contribution in [3.8, 4) is 5.75 Å². The van der Waals surface area contributed by atoms with Crippen molar-refractivity contribution in [3.05, 3.63) is 27.2 Å². The number of rotatable bonds is 2. The van der Waals surface area contributed by atoms with E-state index in [9.17, 15) is 0 Å². The molecule has 0 fully saturated rings. The second-order valence-electron chi connectivity index (χ2n) is 3.19. The van der Waals surface area contributed by atoms with Gasteiger partial charge in [0.15, 0.2) is 0 Å². The lowest BCUT2D eigenvalue weighted by atomic mass is 10.1. The summed E-state index contributed by atoms with van der Waals surface area (Å²) < 4.78 is 6.74. The number of halogens is 1. The van der Waals surface area contributed by atoms with E-state index in [1.807, 2.05) is 6.92 Å². The lowest BCUT2D eigenvalue weighted by molar-refractivity contribution is 0.335. The molecule has 0 saturated heterocycles. The van der Waals surface area contributed by atoms with Crippen LogP contribution in [-0.4, -0.2) is 6.61 Å². The number of hydrogen-bond acceptors (Lipinski definition) is 1. The molecule has 0 atom stereocenters. The maximum atomic E-state index is 5.58. The molecule has 1 rings (SSSR count). The molecule has 0 bridgehead atoms. The number of ether oxygens (including phenoxy) is 1. The van der Waals surface area contributed by atoms with Gasteiger partial charge in [-0.3, -0.25) is 0 Å². The maximum Gasteiger partial charge on any atom is 0.125 e. The maximum absolute atomic E-state index is 5.58. The molecule has 0 heterocycles. The predicted octanol–water partition coefficient (Wildman–Crippen LogP) is 3.77. The minimum Gasteiger partial charge on any atom is -0.493 e. The second-order valence-corrected chi connectivity index (χ2v) is 4.04. The molecule has 0 aliphatic heterocycles. The van der Waals surface area contributed by atoms with Gasteiger partial charge in [-0.25, -0.2) is 0 Å². The highest BCUT2D eigenvalue weighted by atomic mass is 79.9. The Hall–Kier alpha value is -0.500. The molecule has 72 valence electrons. The average Bonchev–Trinajstić information content (AvgIpc) is 2.09. The van der Waals surface area contributed by atoms with Gasteiger partial charge in [-0.1, -0.05) is 15.9 Å². The van der Waals surface area contributed by atoms with Crippen LogP contribution in [0.2, 0.25) is 0 Å². The summed E-state index contributed by atoms with van der Waals surface area (Å²) in [5.74, 6) is 1.03. The Morgan fingerprint density at radius 3 is 2.38 bits per heavy atom. The fourth-order valence-corrected chi connectivity index (χ4v) is 2.02. The number of hydrogen-bond donors (Lipinski definition) is 0. The highest BCUT2D eigenvalue weighted by Crippen LogP contribution is 2.31. The lowest BCUT2D eigenvalue weighted by Gasteiger charge is -2.13. The summed E-state index contributed by atoms with van der Waals surface area (Å²) in [7, 11) is 0. The van der Waals surface area contributed by atoms with E-state index in [1.54, 1.807) is 0 Å². The largest absolute Gasteiger partial charge is 0.493 e. The van der Waals surface area contributed by atoms with Gasteiger partial charge in [0.1, 0.15) is 5.75 Å². The third kappa shape index (κ3) is 2.05. The first-order chi connectivity index (χ1) is 6.07. The van der Waals surface area contributed by atoms with Crippen LogP contribution in [-0.2, 0) is 0 Å². The topological polar surface area (TPSA) is 9.23 Å². The van der Waals surface area contributed by atoms with Crippen LogP contribution in [0.15, 0.2) is 10.5 Å². The SMILES string of the molecule is CCOc1c(C)cc(Br)c(C)c1C. The molecule has 0 amide bonds. The summed E-state index contributed by atoms with van der Waals surface area (Å²) in [4.78, 5) is 0. The van der Waals surface area contributed by atoms with Crippen molar-refractivity contribution < 1.29 is 4.74 Å². The van der Waals surface area contributed by atoms with E-state index in [0.717, 1.165) is 16.8 Å². The molecular weight excluding hydrogens is 228 g/mol. The van der Waals surface area contributed by atoms with Crippen LogP contribution >= 0.6 is 15.9 Å². The van der Waals surface area contributed by atoms with Crippen molar-refractivity contribution in [2.75, 3.05) is 6.61 Å². The second kappa shape index (κ2) is 4.14. The smallest absolute Gasteiger partial charge is 0.125 e. The Morgan fingerprint density at radius 1 is 1.23 bits per heavy atom. The van der Waals surface area contributed by atoms with Gasteiger partial charge in [-0.2, -0.15) is 0 Å². The van der Waals surface area contributed by atoms with Gasteiger partial charge in [-0.15, -0.1) is 0 Å². The lowest BCUT2D eigenvalue weighted by Crippen LogP contribution is -1.98. The fourth-order valence-electron chi connectivity index (χ4n) is 1.38. The number of aryl methyl sites for hydroxylation is 1. The molecule has 0 N–H and O–H groups in total. The molecule has 2 heteroatoms. The van der Waals surface area contributed by atoms with E-state index in [2.05, 4.69) is 42.8 Å². The van der Waals surface area contributed by atoms with Crippen molar-refractivity contribution in [1.82, 2.24) is 0 Å². The first-order valence-electron chi connectivity index (χ1n) is 4.47. The van der Waals surface area contributed by atoms with Gasteiger partial charge in [0.05, 0.1) is 6.61 Å². The van der Waals surface area contributed by atoms with Crippen molar-refractivity contribution in [1.29, 1.82) is 0 Å². The van der Waals surface area contributed by atoms with Crippen molar-refractivity contribution in [2.24, 2.45) is 0 Å². The minimum atomic E-state index is 0.725. The molecule has 1 aromatic carbocycles. The summed E-state index contributed by atoms with van der Waals surface area (Å²) in [6.45, 7) is 9.00. The van der Waals surface area contributed by atoms with Crippen LogP contribution in [0.4, 0.5) is 0 Å². The summed E-state index contributed by atoms with van der Waals surface area (Å²) >= 11 is 3.53. The highest BCUT2D eigenvalue weighted by molar-refractivity contribution is 9.10. The third-order valence-corrected chi connectivity index (χ3v) is 3.08. The summed E-state index contributed by atoms with van der Waals surface area (Å²) in [6, 6.07) is 2.10. The standard InChI is InChI=1S/C11H15BrO/c1-5-13-11-7(2)6-10(12)8(3)9(11)4/h6H,5H2,1-4H3. The molecule has 1 nitrogen and oxygen atoms in total. The Balaban J connectivity index is 3.26. The first kappa shape index (κ1) is 10.6. The number of benzene rings is 1. The Bertz CT molecular complexity index is 318. The molecule has 0 aromatic heterocycles. The molecule has 0 spiro atoms. The zero-order chi connectivity index (χ0) is 10.0. The third-order valence-electron chi connectivity index (χ3n) is 2.25.